The van der Waals surface area contributed by atoms with Crippen molar-refractivity contribution in [3.05, 3.63) is 23.3 Å². The average molecular weight is 499 g/mol. The van der Waals surface area contributed by atoms with Crippen LogP contribution in [0.4, 0.5) is 4.79 Å². The Morgan fingerprint density at radius 3 is 2.64 bits per heavy atom. The standard InChI is InChI=1S/C27H38N4O5/c28-10-1-12-30(13-2-11-29)25(33)35-20-6-5-18-15-21-27(34)8-7-19(32)24-26(27,22(18)23(20)36-24)9-14-31(21)16-17-3-4-17/h5-6,17,21,24,34H,1-4,7-16,28-29H2/t21-,24?,26+,27-/m1/s1. The number of carbonyl (C=O) groups is 2. The molecule has 0 radical (unpaired) electrons. The molecule has 3 fully saturated rings. The van der Waals surface area contributed by atoms with E-state index in [1.807, 2.05) is 6.07 Å². The van der Waals surface area contributed by atoms with E-state index in [1.165, 1.54) is 12.8 Å². The minimum absolute atomic E-state index is 0.0269. The van der Waals surface area contributed by atoms with Crippen molar-refractivity contribution >= 4 is 11.9 Å². The molecule has 9 nitrogen and oxygen atoms in total. The Bertz CT molecular complexity index is 1050. The molecule has 2 aliphatic heterocycles. The number of hydrogen-bond acceptors (Lipinski definition) is 8. The fourth-order valence-electron chi connectivity index (χ4n) is 7.35. The van der Waals surface area contributed by atoms with Gasteiger partial charge in [-0.25, -0.2) is 4.79 Å². The number of nitrogens with two attached hydrogens (primary N) is 2. The molecule has 5 N–H and O–H groups in total. The minimum Gasteiger partial charge on any atom is -0.477 e. The quantitative estimate of drug-likeness (QED) is 0.465. The van der Waals surface area contributed by atoms with Crippen molar-refractivity contribution in [2.75, 3.05) is 39.3 Å². The van der Waals surface area contributed by atoms with E-state index in [-0.39, 0.29) is 11.8 Å². The van der Waals surface area contributed by atoms with E-state index in [0.717, 1.165) is 30.1 Å². The summed E-state index contributed by atoms with van der Waals surface area (Å²) in [5.41, 5.74) is 11.5. The molecule has 196 valence electrons. The predicted molar refractivity (Wildman–Crippen MR) is 133 cm³/mol. The second-order valence-corrected chi connectivity index (χ2v) is 11.3. The molecule has 36 heavy (non-hydrogen) atoms. The summed E-state index contributed by atoms with van der Waals surface area (Å²) in [5.74, 6) is 1.54. The van der Waals surface area contributed by atoms with Gasteiger partial charge in [0.05, 0.1) is 11.0 Å². The molecule has 0 aromatic heterocycles. The van der Waals surface area contributed by atoms with Gasteiger partial charge in [-0.2, -0.15) is 0 Å². The Hall–Kier alpha value is -2.20. The summed E-state index contributed by atoms with van der Waals surface area (Å²) in [6.45, 7) is 3.78. The summed E-state index contributed by atoms with van der Waals surface area (Å²) in [5, 5.41) is 12.4. The van der Waals surface area contributed by atoms with Gasteiger partial charge in [0.25, 0.3) is 0 Å². The molecule has 6 rings (SSSR count). The molecule has 1 unspecified atom stereocenters. The Kier molecular flexibility index (Phi) is 6.02. The zero-order valence-corrected chi connectivity index (χ0v) is 20.9. The van der Waals surface area contributed by atoms with E-state index in [0.29, 0.717) is 76.2 Å². The highest BCUT2D eigenvalue weighted by molar-refractivity contribution is 5.90. The molecule has 1 saturated heterocycles. The summed E-state index contributed by atoms with van der Waals surface area (Å²) < 4.78 is 12.3. The second kappa shape index (κ2) is 8.97. The lowest BCUT2D eigenvalue weighted by Crippen LogP contribution is -2.76. The van der Waals surface area contributed by atoms with Gasteiger partial charge in [-0.3, -0.25) is 9.69 Å². The normalized spacial score (nSPS) is 32.1. The predicted octanol–water partition coefficient (Wildman–Crippen LogP) is 1.32. The van der Waals surface area contributed by atoms with Crippen molar-refractivity contribution < 1.29 is 24.2 Å². The number of amides is 1. The van der Waals surface area contributed by atoms with E-state index in [2.05, 4.69) is 4.90 Å². The van der Waals surface area contributed by atoms with Gasteiger partial charge in [-0.05, 0) is 82.1 Å². The zero-order valence-electron chi connectivity index (χ0n) is 20.9. The first-order chi connectivity index (χ1) is 17.4. The van der Waals surface area contributed by atoms with Crippen LogP contribution in [0.1, 0.15) is 56.1 Å². The van der Waals surface area contributed by atoms with Crippen molar-refractivity contribution in [2.45, 2.75) is 74.5 Å². The monoisotopic (exact) mass is 498 g/mol. The number of Topliss-reactive ketones (excluding diaryl/α,β-unsaturated/α-hetero) is 1. The van der Waals surface area contributed by atoms with Crippen LogP contribution in [0.15, 0.2) is 12.1 Å². The maximum Gasteiger partial charge on any atom is 0.415 e. The van der Waals surface area contributed by atoms with Crippen molar-refractivity contribution in [3.63, 3.8) is 0 Å². The van der Waals surface area contributed by atoms with Crippen molar-refractivity contribution in [1.29, 1.82) is 0 Å². The lowest BCUT2D eigenvalue weighted by Gasteiger charge is -2.62. The molecular weight excluding hydrogens is 460 g/mol. The highest BCUT2D eigenvalue weighted by atomic mass is 16.6. The van der Waals surface area contributed by atoms with Gasteiger partial charge >= 0.3 is 6.09 Å². The molecule has 5 aliphatic rings. The first kappa shape index (κ1) is 24.2. The number of benzene rings is 1. The van der Waals surface area contributed by atoms with Crippen LogP contribution in [0.25, 0.3) is 0 Å². The Labute approximate surface area is 212 Å². The lowest BCUT2D eigenvalue weighted by molar-refractivity contribution is -0.188. The number of ether oxygens (including phenoxy) is 2. The summed E-state index contributed by atoms with van der Waals surface area (Å²) >= 11 is 0. The van der Waals surface area contributed by atoms with Crippen LogP contribution in [0.5, 0.6) is 11.5 Å². The molecule has 2 heterocycles. The topological polar surface area (TPSA) is 131 Å². The van der Waals surface area contributed by atoms with E-state index < -0.39 is 23.2 Å². The van der Waals surface area contributed by atoms with Crippen molar-refractivity contribution in [3.8, 4) is 11.5 Å². The number of piperidine rings is 1. The third-order valence-corrected chi connectivity index (χ3v) is 9.26. The van der Waals surface area contributed by atoms with Crippen LogP contribution in [-0.2, 0) is 16.6 Å². The maximum atomic E-state index is 13.2. The summed E-state index contributed by atoms with van der Waals surface area (Å²) in [6.07, 6.45) is 4.79. The minimum atomic E-state index is -1.03. The van der Waals surface area contributed by atoms with Crippen LogP contribution in [-0.4, -0.2) is 83.8 Å². The van der Waals surface area contributed by atoms with E-state index in [1.54, 1.807) is 11.0 Å². The molecule has 3 aliphatic carbocycles. The Balaban J connectivity index is 1.36. The van der Waals surface area contributed by atoms with Gasteiger partial charge in [0.1, 0.15) is 0 Å². The van der Waals surface area contributed by atoms with Crippen LogP contribution in [0, 0.1) is 5.92 Å². The molecule has 4 atom stereocenters. The first-order valence-corrected chi connectivity index (χ1v) is 13.6. The number of nitrogens with zero attached hydrogens (tertiary/aromatic N) is 2. The summed E-state index contributed by atoms with van der Waals surface area (Å²) in [6, 6.07) is 3.77. The SMILES string of the molecule is NCCCN(CCCN)C(=O)Oc1ccc2c3c1OC1C(=O)CC[C@@]4(O)[C@@H](C2)N(CC2CC2)CC[C@]314. The molecule has 1 aromatic rings. The third-order valence-electron chi connectivity index (χ3n) is 9.26. The fraction of sp³-hybridized carbons (Fsp3) is 0.704. The first-order valence-electron chi connectivity index (χ1n) is 13.6. The van der Waals surface area contributed by atoms with Crippen molar-refractivity contribution in [1.82, 2.24) is 9.80 Å². The van der Waals surface area contributed by atoms with Gasteiger partial charge < -0.3 is 30.9 Å². The van der Waals surface area contributed by atoms with Gasteiger partial charge in [-0.1, -0.05) is 6.07 Å². The average Bonchev–Trinajstić information content (AvgIpc) is 3.61. The third kappa shape index (κ3) is 3.50. The largest absolute Gasteiger partial charge is 0.477 e. The highest BCUT2D eigenvalue weighted by Gasteiger charge is 2.73. The van der Waals surface area contributed by atoms with Crippen LogP contribution in [0.2, 0.25) is 0 Å². The van der Waals surface area contributed by atoms with E-state index in [4.69, 9.17) is 20.9 Å². The molecule has 1 spiro atoms. The molecule has 9 heteroatoms. The molecule has 1 aromatic carbocycles. The van der Waals surface area contributed by atoms with Gasteiger partial charge in [0.15, 0.2) is 23.4 Å². The lowest BCUT2D eigenvalue weighted by atomic mass is 9.49. The number of ketones is 1. The van der Waals surface area contributed by atoms with Crippen molar-refractivity contribution in [2.24, 2.45) is 17.4 Å². The molecule has 1 amide bonds. The summed E-state index contributed by atoms with van der Waals surface area (Å²) in [4.78, 5) is 30.5. The number of rotatable bonds is 9. The highest BCUT2D eigenvalue weighted by Crippen LogP contribution is 2.65. The second-order valence-electron chi connectivity index (χ2n) is 11.3. The van der Waals surface area contributed by atoms with Gasteiger partial charge in [0.2, 0.25) is 0 Å². The van der Waals surface area contributed by atoms with Crippen LogP contribution in [0.3, 0.4) is 0 Å². The van der Waals surface area contributed by atoms with Crippen LogP contribution >= 0.6 is 0 Å². The van der Waals surface area contributed by atoms with Gasteiger partial charge in [0, 0.05) is 37.7 Å². The fourth-order valence-corrected chi connectivity index (χ4v) is 7.35. The summed E-state index contributed by atoms with van der Waals surface area (Å²) in [7, 11) is 0. The zero-order chi connectivity index (χ0) is 25.1. The molecule has 2 saturated carbocycles. The Morgan fingerprint density at radius 2 is 1.94 bits per heavy atom. The van der Waals surface area contributed by atoms with E-state index >= 15 is 0 Å². The van der Waals surface area contributed by atoms with E-state index in [9.17, 15) is 14.7 Å². The maximum absolute atomic E-state index is 13.2. The van der Waals surface area contributed by atoms with Crippen LogP contribution < -0.4 is 20.9 Å². The molecule has 2 bridgehead atoms. The van der Waals surface area contributed by atoms with Gasteiger partial charge in [-0.15, -0.1) is 0 Å². The smallest absolute Gasteiger partial charge is 0.415 e. The Morgan fingerprint density at radius 1 is 1.19 bits per heavy atom. The number of likely N-dealkylation sites (tertiary alicyclic amines) is 1. The number of hydrogen-bond donors (Lipinski definition) is 3. The molecular formula is C27H38N4O5. The number of carbonyl (C=O) groups excluding carboxylic acids is 2. The number of aliphatic hydroxyl groups is 1.